The number of carbonyl (C=O) groups excluding carboxylic acids is 2. The zero-order valence-corrected chi connectivity index (χ0v) is 16.3. The highest BCUT2D eigenvalue weighted by molar-refractivity contribution is 5.92. The van der Waals surface area contributed by atoms with Gasteiger partial charge in [0.05, 0.1) is 12.2 Å². The minimum atomic E-state index is -0.330. The van der Waals surface area contributed by atoms with Crippen molar-refractivity contribution in [3.05, 3.63) is 60.2 Å². The number of ether oxygens (including phenoxy) is 1. The van der Waals surface area contributed by atoms with Crippen LogP contribution < -0.4 is 10.2 Å². The van der Waals surface area contributed by atoms with Gasteiger partial charge in [-0.2, -0.15) is 0 Å². The minimum Gasteiger partial charge on any atom is -0.462 e. The average molecular weight is 381 g/mol. The number of amides is 1. The first kappa shape index (κ1) is 19.9. The lowest BCUT2D eigenvalue weighted by Gasteiger charge is -2.36. The molecular formula is C22H27N3O3. The summed E-state index contributed by atoms with van der Waals surface area (Å²) in [6.45, 7) is 6.86. The lowest BCUT2D eigenvalue weighted by atomic mass is 10.2. The van der Waals surface area contributed by atoms with Crippen molar-refractivity contribution < 1.29 is 14.3 Å². The maximum atomic E-state index is 12.1. The first-order chi connectivity index (χ1) is 13.6. The molecule has 1 aliphatic heterocycles. The van der Waals surface area contributed by atoms with E-state index in [1.165, 1.54) is 12.6 Å². The fraction of sp³-hybridized carbons (Fsp3) is 0.364. The molecule has 1 heterocycles. The molecule has 0 radical (unpaired) electrons. The second-order valence-corrected chi connectivity index (χ2v) is 6.91. The summed E-state index contributed by atoms with van der Waals surface area (Å²) in [6.07, 6.45) is 0.820. The number of hydrogen-bond acceptors (Lipinski definition) is 5. The molecule has 0 unspecified atom stereocenters. The third kappa shape index (κ3) is 5.82. The van der Waals surface area contributed by atoms with Crippen LogP contribution in [0.5, 0.6) is 0 Å². The Morgan fingerprint density at radius 1 is 0.964 bits per heavy atom. The Kier molecular flexibility index (Phi) is 7.03. The van der Waals surface area contributed by atoms with E-state index >= 15 is 0 Å². The van der Waals surface area contributed by atoms with Gasteiger partial charge in [0.2, 0.25) is 5.91 Å². The molecule has 0 bridgehead atoms. The zero-order valence-electron chi connectivity index (χ0n) is 16.3. The second kappa shape index (κ2) is 9.90. The van der Waals surface area contributed by atoms with Gasteiger partial charge >= 0.3 is 5.97 Å². The molecule has 148 valence electrons. The average Bonchev–Trinajstić information content (AvgIpc) is 2.72. The molecule has 1 fully saturated rings. The quantitative estimate of drug-likeness (QED) is 0.590. The monoisotopic (exact) mass is 381 g/mol. The number of carbonyl (C=O) groups is 2. The topological polar surface area (TPSA) is 61.9 Å². The largest absolute Gasteiger partial charge is 0.462 e. The Morgan fingerprint density at radius 2 is 1.64 bits per heavy atom. The molecule has 1 amide bonds. The van der Waals surface area contributed by atoms with Crippen molar-refractivity contribution in [2.24, 2.45) is 0 Å². The number of anilines is 2. The molecule has 0 aromatic heterocycles. The van der Waals surface area contributed by atoms with Crippen molar-refractivity contribution in [1.29, 1.82) is 0 Å². The molecule has 6 heteroatoms. The Labute approximate surface area is 166 Å². The van der Waals surface area contributed by atoms with Crippen molar-refractivity contribution in [1.82, 2.24) is 4.90 Å². The molecule has 2 aromatic rings. The molecule has 0 spiro atoms. The summed E-state index contributed by atoms with van der Waals surface area (Å²) >= 11 is 0. The van der Waals surface area contributed by atoms with Gasteiger partial charge in [-0.3, -0.25) is 9.69 Å². The number of nitrogens with zero attached hydrogens (tertiary/aromatic N) is 2. The lowest BCUT2D eigenvalue weighted by molar-refractivity contribution is -0.114. The van der Waals surface area contributed by atoms with E-state index in [2.05, 4.69) is 39.4 Å². The molecule has 3 rings (SSSR count). The first-order valence-corrected chi connectivity index (χ1v) is 9.69. The molecular weight excluding hydrogens is 354 g/mol. The van der Waals surface area contributed by atoms with Gasteiger partial charge in [-0.05, 0) is 42.8 Å². The lowest BCUT2D eigenvalue weighted by Crippen LogP contribution is -2.46. The molecule has 0 atom stereocenters. The smallest absolute Gasteiger partial charge is 0.338 e. The summed E-state index contributed by atoms with van der Waals surface area (Å²) in [7, 11) is 0. The highest BCUT2D eigenvalue weighted by atomic mass is 16.5. The molecule has 1 saturated heterocycles. The summed E-state index contributed by atoms with van der Waals surface area (Å²) in [5, 5.41) is 2.67. The zero-order chi connectivity index (χ0) is 19.8. The van der Waals surface area contributed by atoms with Crippen LogP contribution in [0, 0.1) is 0 Å². The van der Waals surface area contributed by atoms with Gasteiger partial charge < -0.3 is 15.0 Å². The van der Waals surface area contributed by atoms with Gasteiger partial charge in [0.25, 0.3) is 0 Å². The number of benzene rings is 2. The molecule has 0 saturated carbocycles. The standard InChI is InChI=1S/C22H27N3O3/c1-18(26)23-20-10-8-19(9-11-20)22(27)28-17-5-12-24-13-15-25(16-14-24)21-6-3-2-4-7-21/h2-4,6-11H,5,12-17H2,1H3,(H,23,26). The van der Waals surface area contributed by atoms with E-state index in [9.17, 15) is 9.59 Å². The Balaban J connectivity index is 1.33. The van der Waals surface area contributed by atoms with Crippen LogP contribution in [-0.4, -0.2) is 56.1 Å². The SMILES string of the molecule is CC(=O)Nc1ccc(C(=O)OCCCN2CCN(c3ccccc3)CC2)cc1. The van der Waals surface area contributed by atoms with E-state index in [4.69, 9.17) is 4.74 Å². The Morgan fingerprint density at radius 3 is 2.29 bits per heavy atom. The van der Waals surface area contributed by atoms with Crippen LogP contribution in [0.2, 0.25) is 0 Å². The summed E-state index contributed by atoms with van der Waals surface area (Å²) in [5.74, 6) is -0.469. The number of rotatable bonds is 7. The van der Waals surface area contributed by atoms with Crippen molar-refractivity contribution in [2.75, 3.05) is 49.5 Å². The van der Waals surface area contributed by atoms with Crippen LogP contribution >= 0.6 is 0 Å². The maximum Gasteiger partial charge on any atom is 0.338 e. The summed E-state index contributed by atoms with van der Waals surface area (Å²) in [4.78, 5) is 27.9. The number of hydrogen-bond donors (Lipinski definition) is 1. The van der Waals surface area contributed by atoms with Crippen LogP contribution in [0.3, 0.4) is 0 Å². The van der Waals surface area contributed by atoms with Crippen molar-refractivity contribution >= 4 is 23.3 Å². The number of nitrogens with one attached hydrogen (secondary N) is 1. The van der Waals surface area contributed by atoms with Crippen LogP contribution in [-0.2, 0) is 9.53 Å². The van der Waals surface area contributed by atoms with Crippen LogP contribution in [0.15, 0.2) is 54.6 Å². The van der Waals surface area contributed by atoms with E-state index < -0.39 is 0 Å². The van der Waals surface area contributed by atoms with Gasteiger partial charge in [0.1, 0.15) is 0 Å². The summed E-state index contributed by atoms with van der Waals surface area (Å²) in [6, 6.07) is 17.2. The van der Waals surface area contributed by atoms with Crippen LogP contribution in [0.4, 0.5) is 11.4 Å². The number of esters is 1. The van der Waals surface area contributed by atoms with Crippen LogP contribution in [0.25, 0.3) is 0 Å². The summed E-state index contributed by atoms with van der Waals surface area (Å²) in [5.41, 5.74) is 2.44. The maximum absolute atomic E-state index is 12.1. The fourth-order valence-corrected chi connectivity index (χ4v) is 3.30. The van der Waals surface area contributed by atoms with Gasteiger partial charge in [0.15, 0.2) is 0 Å². The fourth-order valence-electron chi connectivity index (χ4n) is 3.30. The van der Waals surface area contributed by atoms with E-state index in [0.717, 1.165) is 39.1 Å². The van der Waals surface area contributed by atoms with E-state index in [1.54, 1.807) is 24.3 Å². The molecule has 1 N–H and O–H groups in total. The molecule has 0 aliphatic carbocycles. The van der Waals surface area contributed by atoms with Gasteiger partial charge in [-0.15, -0.1) is 0 Å². The normalized spacial score (nSPS) is 14.5. The van der Waals surface area contributed by atoms with Gasteiger partial charge in [-0.1, -0.05) is 18.2 Å². The number of para-hydroxylation sites is 1. The van der Waals surface area contributed by atoms with Crippen LogP contribution in [0.1, 0.15) is 23.7 Å². The molecule has 2 aromatic carbocycles. The highest BCUT2D eigenvalue weighted by Crippen LogP contribution is 2.15. The second-order valence-electron chi connectivity index (χ2n) is 6.91. The van der Waals surface area contributed by atoms with E-state index in [0.29, 0.717) is 17.9 Å². The highest BCUT2D eigenvalue weighted by Gasteiger charge is 2.16. The molecule has 1 aliphatic rings. The Hall–Kier alpha value is -2.86. The summed E-state index contributed by atoms with van der Waals surface area (Å²) < 4.78 is 5.37. The molecule has 28 heavy (non-hydrogen) atoms. The third-order valence-corrected chi connectivity index (χ3v) is 4.79. The number of piperazine rings is 1. The predicted molar refractivity (Wildman–Crippen MR) is 111 cm³/mol. The predicted octanol–water partition coefficient (Wildman–Crippen LogP) is 3.01. The van der Waals surface area contributed by atoms with Gasteiger partial charge in [-0.25, -0.2) is 4.79 Å². The molecule has 6 nitrogen and oxygen atoms in total. The van der Waals surface area contributed by atoms with Gasteiger partial charge in [0, 0.05) is 51.0 Å². The van der Waals surface area contributed by atoms with Crippen molar-refractivity contribution in [2.45, 2.75) is 13.3 Å². The third-order valence-electron chi connectivity index (χ3n) is 4.79. The Bertz CT molecular complexity index is 769. The van der Waals surface area contributed by atoms with E-state index in [1.807, 2.05) is 6.07 Å². The van der Waals surface area contributed by atoms with E-state index in [-0.39, 0.29) is 11.9 Å². The minimum absolute atomic E-state index is 0.139. The van der Waals surface area contributed by atoms with Crippen molar-refractivity contribution in [3.63, 3.8) is 0 Å². The van der Waals surface area contributed by atoms with Crippen molar-refractivity contribution in [3.8, 4) is 0 Å². The first-order valence-electron chi connectivity index (χ1n) is 9.69.